The minimum absolute atomic E-state index is 0. The van der Waals surface area contributed by atoms with Crippen LogP contribution in [-0.2, 0) is 34.0 Å². The average molecular weight is 725 g/mol. The van der Waals surface area contributed by atoms with Crippen LogP contribution in [0.3, 0.4) is 0 Å². The molecule has 0 saturated carbocycles. The van der Waals surface area contributed by atoms with Gasteiger partial charge in [0.25, 0.3) is 0 Å². The summed E-state index contributed by atoms with van der Waals surface area (Å²) in [5.74, 6) is -2.31. The summed E-state index contributed by atoms with van der Waals surface area (Å²) in [6.45, 7) is 0.767. The Morgan fingerprint density at radius 1 is 0.940 bits per heavy atom. The molecule has 3 aliphatic heterocycles. The SMILES string of the molecule is Cl.O=C1N[C@@H](B(O)O)CCCCCCCCCC(NCc2cccc(OC(F)(F)F)c2)C(=O)N2C[C@H](OC(=O)N3Cc4ccccc4C3)C[C@@H]12. The maximum Gasteiger partial charge on any atom is 0.573 e. The summed E-state index contributed by atoms with van der Waals surface area (Å²) in [5.41, 5.74) is 2.50. The molecule has 16 heteroatoms. The summed E-state index contributed by atoms with van der Waals surface area (Å²) in [7, 11) is -1.80. The van der Waals surface area contributed by atoms with Gasteiger partial charge in [0, 0.05) is 26.1 Å². The monoisotopic (exact) mass is 724 g/mol. The van der Waals surface area contributed by atoms with Gasteiger partial charge in [-0.3, -0.25) is 14.5 Å². The van der Waals surface area contributed by atoms with E-state index in [1.807, 2.05) is 24.3 Å². The minimum Gasteiger partial charge on any atom is -0.444 e. The number of ether oxygens (including phenoxy) is 2. The molecule has 2 aromatic carbocycles. The molecule has 4 atom stereocenters. The molecule has 3 heterocycles. The number of hydrogen-bond donors (Lipinski definition) is 4. The Morgan fingerprint density at radius 2 is 1.58 bits per heavy atom. The molecule has 274 valence electrons. The molecule has 0 aromatic heterocycles. The Morgan fingerprint density at radius 3 is 2.22 bits per heavy atom. The molecule has 50 heavy (non-hydrogen) atoms. The van der Waals surface area contributed by atoms with Crippen LogP contribution in [0.4, 0.5) is 18.0 Å². The van der Waals surface area contributed by atoms with Crippen molar-refractivity contribution in [3.63, 3.8) is 0 Å². The highest BCUT2D eigenvalue weighted by molar-refractivity contribution is 6.43. The first-order chi connectivity index (χ1) is 23.5. The molecule has 2 saturated heterocycles. The highest BCUT2D eigenvalue weighted by Crippen LogP contribution is 2.28. The van der Waals surface area contributed by atoms with Crippen molar-refractivity contribution < 1.29 is 47.1 Å². The highest BCUT2D eigenvalue weighted by atomic mass is 35.5. The van der Waals surface area contributed by atoms with E-state index in [0.717, 1.165) is 43.2 Å². The van der Waals surface area contributed by atoms with Crippen molar-refractivity contribution >= 4 is 37.4 Å². The lowest BCUT2D eigenvalue weighted by atomic mass is 9.76. The second kappa shape index (κ2) is 18.1. The number of halogens is 4. The van der Waals surface area contributed by atoms with Gasteiger partial charge < -0.3 is 35.1 Å². The van der Waals surface area contributed by atoms with Gasteiger partial charge in [-0.15, -0.1) is 25.6 Å². The molecule has 11 nitrogen and oxygen atoms in total. The third kappa shape index (κ3) is 11.0. The normalized spacial score (nSPS) is 23.7. The molecule has 0 bridgehead atoms. The first-order valence-electron chi connectivity index (χ1n) is 17.0. The summed E-state index contributed by atoms with van der Waals surface area (Å²) >= 11 is 0. The largest absolute Gasteiger partial charge is 0.573 e. The van der Waals surface area contributed by atoms with Crippen LogP contribution in [0.15, 0.2) is 48.5 Å². The maximum atomic E-state index is 14.3. The first-order valence-corrected chi connectivity index (χ1v) is 17.0. The van der Waals surface area contributed by atoms with Gasteiger partial charge in [0.15, 0.2) is 0 Å². The molecule has 2 fully saturated rings. The quantitative estimate of drug-likeness (QED) is 0.317. The molecule has 0 spiro atoms. The van der Waals surface area contributed by atoms with Crippen LogP contribution in [0.2, 0.25) is 0 Å². The summed E-state index contributed by atoms with van der Waals surface area (Å²) in [6, 6.07) is 11.3. The predicted octanol–water partition coefficient (Wildman–Crippen LogP) is 4.61. The van der Waals surface area contributed by atoms with Crippen molar-refractivity contribution in [1.29, 1.82) is 0 Å². The second-order valence-corrected chi connectivity index (χ2v) is 13.1. The number of rotatable bonds is 6. The number of amides is 3. The van der Waals surface area contributed by atoms with E-state index in [2.05, 4.69) is 15.4 Å². The van der Waals surface area contributed by atoms with E-state index in [1.165, 1.54) is 23.1 Å². The molecule has 1 unspecified atom stereocenters. The van der Waals surface area contributed by atoms with E-state index in [4.69, 9.17) is 4.74 Å². The van der Waals surface area contributed by atoms with Crippen LogP contribution in [0, 0.1) is 0 Å². The van der Waals surface area contributed by atoms with E-state index in [-0.39, 0.29) is 37.7 Å². The van der Waals surface area contributed by atoms with Crippen molar-refractivity contribution in [2.75, 3.05) is 6.54 Å². The lowest BCUT2D eigenvalue weighted by Crippen LogP contribution is -2.56. The van der Waals surface area contributed by atoms with E-state index in [0.29, 0.717) is 44.3 Å². The molecule has 0 aliphatic carbocycles. The van der Waals surface area contributed by atoms with Crippen molar-refractivity contribution in [1.82, 2.24) is 20.4 Å². The Hall–Kier alpha value is -3.53. The van der Waals surface area contributed by atoms with E-state index in [9.17, 15) is 37.6 Å². The highest BCUT2D eigenvalue weighted by Gasteiger charge is 2.44. The van der Waals surface area contributed by atoms with E-state index in [1.54, 1.807) is 11.0 Å². The van der Waals surface area contributed by atoms with Gasteiger partial charge in [0.05, 0.1) is 18.5 Å². The zero-order chi connectivity index (χ0) is 35.0. The third-order valence-electron chi connectivity index (χ3n) is 9.39. The van der Waals surface area contributed by atoms with Crippen molar-refractivity contribution in [3.05, 3.63) is 65.2 Å². The van der Waals surface area contributed by atoms with Gasteiger partial charge in [0.1, 0.15) is 17.9 Å². The fraction of sp³-hybridized carbons (Fsp3) is 0.559. The average Bonchev–Trinajstić information content (AvgIpc) is 3.68. The van der Waals surface area contributed by atoms with Gasteiger partial charge >= 0.3 is 19.6 Å². The minimum atomic E-state index is -4.85. The molecular weight excluding hydrogens is 680 g/mol. The molecular formula is C34H45BClF3N4O7. The molecule has 3 aliphatic rings. The zero-order valence-electron chi connectivity index (χ0n) is 27.8. The third-order valence-corrected chi connectivity index (χ3v) is 9.39. The first kappa shape index (κ1) is 39.3. The standard InChI is InChI=1S/C34H44BF3N4O7.ClH/c36-34(37,38)49-26-14-10-11-23(17-26)19-39-28-15-6-4-2-1-3-5-7-16-30(35(46)47)40-31(43)29-18-27(22-42(29)32(28)44)48-33(45)41-20-24-12-8-9-13-25(24)21-41;/h8-14,17,27-30,39,46-47H,1-7,15-16,18-22H2,(H,40,43);1H/t27-,28?,29+,30-;/m1./s1. The lowest BCUT2D eigenvalue weighted by molar-refractivity contribution is -0.274. The lowest BCUT2D eigenvalue weighted by Gasteiger charge is -2.30. The van der Waals surface area contributed by atoms with E-state index >= 15 is 0 Å². The number of benzene rings is 2. The summed E-state index contributed by atoms with van der Waals surface area (Å²) in [4.78, 5) is 44.1. The Balaban J connectivity index is 0.00000562. The van der Waals surface area contributed by atoms with Crippen molar-refractivity contribution in [3.8, 4) is 5.75 Å². The zero-order valence-corrected chi connectivity index (χ0v) is 28.6. The molecule has 5 rings (SSSR count). The summed E-state index contributed by atoms with van der Waals surface area (Å²) in [5, 5.41) is 26.0. The molecule has 3 amide bonds. The smallest absolute Gasteiger partial charge is 0.444 e. The van der Waals surface area contributed by atoms with Crippen LogP contribution >= 0.6 is 12.4 Å². The maximum absolute atomic E-state index is 14.3. The predicted molar refractivity (Wildman–Crippen MR) is 181 cm³/mol. The van der Waals surface area contributed by atoms with Gasteiger partial charge in [-0.25, -0.2) is 4.79 Å². The molecule has 4 N–H and O–H groups in total. The van der Waals surface area contributed by atoms with Crippen LogP contribution < -0.4 is 15.4 Å². The van der Waals surface area contributed by atoms with Gasteiger partial charge in [-0.2, -0.15) is 0 Å². The van der Waals surface area contributed by atoms with Crippen molar-refractivity contribution in [2.24, 2.45) is 0 Å². The number of nitrogens with one attached hydrogen (secondary N) is 2. The number of alkyl halides is 3. The van der Waals surface area contributed by atoms with Gasteiger partial charge in [-0.05, 0) is 41.7 Å². The van der Waals surface area contributed by atoms with Crippen LogP contribution in [-0.4, -0.2) is 81.9 Å². The number of hydrogen-bond acceptors (Lipinski definition) is 8. The van der Waals surface area contributed by atoms with Gasteiger partial charge in [0.2, 0.25) is 11.8 Å². The van der Waals surface area contributed by atoms with Crippen LogP contribution in [0.5, 0.6) is 5.75 Å². The summed E-state index contributed by atoms with van der Waals surface area (Å²) < 4.78 is 48.4. The molecule has 2 aromatic rings. The fourth-order valence-electron chi connectivity index (χ4n) is 6.83. The van der Waals surface area contributed by atoms with Crippen molar-refractivity contribution in [2.45, 2.75) is 114 Å². The topological polar surface area (TPSA) is 141 Å². The van der Waals surface area contributed by atoms with Crippen LogP contribution in [0.1, 0.15) is 80.9 Å². The Labute approximate surface area is 296 Å². The number of fused-ring (bicyclic) bond motifs is 2. The number of nitrogens with zero attached hydrogens (tertiary/aromatic N) is 2. The Bertz CT molecular complexity index is 1430. The number of carbonyl (C=O) groups excluding carboxylic acids is 3. The van der Waals surface area contributed by atoms with E-state index < -0.39 is 55.5 Å². The number of carbonyl (C=O) groups is 3. The summed E-state index contributed by atoms with van der Waals surface area (Å²) in [6.07, 6.45) is 0.565. The second-order valence-electron chi connectivity index (χ2n) is 13.1. The fourth-order valence-corrected chi connectivity index (χ4v) is 6.83. The van der Waals surface area contributed by atoms with Crippen LogP contribution in [0.25, 0.3) is 0 Å². The Kier molecular flexibility index (Phi) is 14.2. The molecule has 0 radical (unpaired) electrons. The van der Waals surface area contributed by atoms with Gasteiger partial charge in [-0.1, -0.05) is 81.3 Å².